The van der Waals surface area contributed by atoms with Crippen LogP contribution < -0.4 is 5.32 Å². The van der Waals surface area contributed by atoms with Gasteiger partial charge >= 0.3 is 5.97 Å². The molecular formula is C8H10ClNO2. The predicted molar refractivity (Wildman–Crippen MR) is 48.0 cm³/mol. The van der Waals surface area contributed by atoms with Crippen molar-refractivity contribution in [1.29, 1.82) is 0 Å². The van der Waals surface area contributed by atoms with Gasteiger partial charge in [0.25, 0.3) is 0 Å². The van der Waals surface area contributed by atoms with Crippen LogP contribution in [0.25, 0.3) is 0 Å². The van der Waals surface area contributed by atoms with Crippen molar-refractivity contribution in [3.8, 4) is 12.3 Å². The number of carbonyl (C=O) groups is 1. The lowest BCUT2D eigenvalue weighted by Gasteiger charge is -2.03. The molecule has 1 rings (SSSR count). The third kappa shape index (κ3) is 2.26. The number of methoxy groups -OCH3 is 1. The molecule has 0 aromatic rings. The van der Waals surface area contributed by atoms with Crippen molar-refractivity contribution in [2.75, 3.05) is 13.7 Å². The quantitative estimate of drug-likeness (QED) is 0.468. The zero-order valence-electron chi connectivity index (χ0n) is 6.66. The number of carbonyl (C=O) groups excluding carboxylic acids is 1. The van der Waals surface area contributed by atoms with Crippen LogP contribution in [-0.2, 0) is 9.53 Å². The number of terminal acetylenes is 1. The summed E-state index contributed by atoms with van der Waals surface area (Å²) < 4.78 is 4.51. The van der Waals surface area contributed by atoms with Crippen LogP contribution in [0.4, 0.5) is 0 Å². The summed E-state index contributed by atoms with van der Waals surface area (Å²) >= 11 is 0. The van der Waals surface area contributed by atoms with Crippen LogP contribution in [0.3, 0.4) is 0 Å². The minimum atomic E-state index is -0.356. The molecule has 3 nitrogen and oxygen atoms in total. The molecule has 0 saturated carbocycles. The maximum atomic E-state index is 10.9. The van der Waals surface area contributed by atoms with Gasteiger partial charge in [0.15, 0.2) is 0 Å². The number of hydrogen-bond acceptors (Lipinski definition) is 3. The summed E-state index contributed by atoms with van der Waals surface area (Å²) in [7, 11) is 1.35. The van der Waals surface area contributed by atoms with Crippen molar-refractivity contribution in [1.82, 2.24) is 5.32 Å². The van der Waals surface area contributed by atoms with Crippen molar-refractivity contribution < 1.29 is 9.53 Å². The van der Waals surface area contributed by atoms with E-state index in [2.05, 4.69) is 16.0 Å². The van der Waals surface area contributed by atoms with Gasteiger partial charge in [-0.15, -0.1) is 18.8 Å². The van der Waals surface area contributed by atoms with E-state index in [1.807, 2.05) is 0 Å². The van der Waals surface area contributed by atoms with Crippen LogP contribution >= 0.6 is 12.4 Å². The van der Waals surface area contributed by atoms with Gasteiger partial charge in [0, 0.05) is 12.1 Å². The molecule has 0 radical (unpaired) electrons. The Morgan fingerprint density at radius 2 is 2.58 bits per heavy atom. The number of hydrogen-bond donors (Lipinski definition) is 1. The van der Waals surface area contributed by atoms with Gasteiger partial charge in [-0.25, -0.2) is 0 Å². The second-order valence-corrected chi connectivity index (χ2v) is 2.22. The highest BCUT2D eigenvalue weighted by Crippen LogP contribution is 2.04. The van der Waals surface area contributed by atoms with Crippen molar-refractivity contribution in [2.45, 2.75) is 6.04 Å². The molecule has 0 amide bonds. The Labute approximate surface area is 77.6 Å². The number of esters is 1. The first-order valence-electron chi connectivity index (χ1n) is 3.26. The highest BCUT2D eigenvalue weighted by atomic mass is 35.5. The number of halogens is 1. The van der Waals surface area contributed by atoms with E-state index in [1.54, 1.807) is 6.08 Å². The topological polar surface area (TPSA) is 38.3 Å². The maximum Gasteiger partial charge on any atom is 0.326 e. The van der Waals surface area contributed by atoms with Gasteiger partial charge in [-0.3, -0.25) is 10.1 Å². The van der Waals surface area contributed by atoms with Gasteiger partial charge in [0.1, 0.15) is 6.04 Å². The fourth-order valence-electron chi connectivity index (χ4n) is 0.916. The first kappa shape index (κ1) is 11.0. The van der Waals surface area contributed by atoms with Crippen LogP contribution in [0.2, 0.25) is 0 Å². The molecule has 66 valence electrons. The van der Waals surface area contributed by atoms with Crippen LogP contribution in [0, 0.1) is 12.3 Å². The molecule has 0 saturated heterocycles. The molecule has 1 unspecified atom stereocenters. The van der Waals surface area contributed by atoms with Crippen LogP contribution in [0.1, 0.15) is 0 Å². The van der Waals surface area contributed by atoms with Gasteiger partial charge in [0.05, 0.1) is 7.11 Å². The lowest BCUT2D eigenvalue weighted by atomic mass is 10.2. The van der Waals surface area contributed by atoms with Gasteiger partial charge in [0.2, 0.25) is 0 Å². The molecule has 1 aliphatic rings. The SMILES string of the molecule is C#CC1=CC(C(=O)OC)NC1.Cl. The maximum absolute atomic E-state index is 10.9. The van der Waals surface area contributed by atoms with E-state index in [1.165, 1.54) is 7.11 Å². The van der Waals surface area contributed by atoms with Gasteiger partial charge < -0.3 is 4.74 Å². The summed E-state index contributed by atoms with van der Waals surface area (Å²) in [5.41, 5.74) is 0.806. The number of nitrogens with one attached hydrogen (secondary N) is 1. The molecule has 1 atom stereocenters. The van der Waals surface area contributed by atoms with E-state index >= 15 is 0 Å². The predicted octanol–water partition coefficient (Wildman–Crippen LogP) is 0.113. The Balaban J connectivity index is 0.00000121. The Morgan fingerprint density at radius 1 is 1.92 bits per heavy atom. The molecule has 0 aliphatic carbocycles. The van der Waals surface area contributed by atoms with Crippen LogP contribution in [0.5, 0.6) is 0 Å². The Hall–Kier alpha value is -0.980. The first-order valence-corrected chi connectivity index (χ1v) is 3.26. The molecule has 1 aliphatic heterocycles. The first-order chi connectivity index (χ1) is 5.27. The van der Waals surface area contributed by atoms with E-state index in [0.29, 0.717) is 6.54 Å². The van der Waals surface area contributed by atoms with Crippen molar-refractivity contribution in [2.24, 2.45) is 0 Å². The summed E-state index contributed by atoms with van der Waals surface area (Å²) in [6.45, 7) is 0.580. The fraction of sp³-hybridized carbons (Fsp3) is 0.375. The summed E-state index contributed by atoms with van der Waals surface area (Å²) in [5, 5.41) is 2.90. The summed E-state index contributed by atoms with van der Waals surface area (Å²) in [6.07, 6.45) is 6.83. The van der Waals surface area contributed by atoms with Crippen molar-refractivity contribution in [3.63, 3.8) is 0 Å². The lowest BCUT2D eigenvalue weighted by Crippen LogP contribution is -2.31. The Morgan fingerprint density at radius 3 is 3.00 bits per heavy atom. The van der Waals surface area contributed by atoms with Crippen molar-refractivity contribution >= 4 is 18.4 Å². The molecule has 0 fully saturated rings. The second kappa shape index (κ2) is 4.81. The minimum Gasteiger partial charge on any atom is -0.468 e. The largest absolute Gasteiger partial charge is 0.468 e. The highest BCUT2D eigenvalue weighted by molar-refractivity contribution is 5.85. The molecule has 1 heterocycles. The third-order valence-electron chi connectivity index (χ3n) is 1.52. The second-order valence-electron chi connectivity index (χ2n) is 2.22. The zero-order valence-corrected chi connectivity index (χ0v) is 7.48. The zero-order chi connectivity index (χ0) is 8.27. The standard InChI is InChI=1S/C8H9NO2.ClH/c1-3-6-4-7(9-5-6)8(10)11-2;/h1,4,7,9H,5H2,2H3;1H. The summed E-state index contributed by atoms with van der Waals surface area (Å²) in [5.74, 6) is 2.17. The van der Waals surface area contributed by atoms with E-state index < -0.39 is 0 Å². The minimum absolute atomic E-state index is 0. The Kier molecular flexibility index (Phi) is 4.42. The highest BCUT2D eigenvalue weighted by Gasteiger charge is 2.21. The van der Waals surface area contributed by atoms with Crippen molar-refractivity contribution in [3.05, 3.63) is 11.6 Å². The third-order valence-corrected chi connectivity index (χ3v) is 1.52. The molecule has 12 heavy (non-hydrogen) atoms. The van der Waals surface area contributed by atoms with Gasteiger partial charge in [-0.1, -0.05) is 5.92 Å². The van der Waals surface area contributed by atoms with E-state index in [0.717, 1.165) is 5.57 Å². The molecule has 0 aromatic heterocycles. The van der Waals surface area contributed by atoms with E-state index in [4.69, 9.17) is 6.42 Å². The molecule has 0 bridgehead atoms. The van der Waals surface area contributed by atoms with Gasteiger partial charge in [-0.05, 0) is 6.08 Å². The summed E-state index contributed by atoms with van der Waals surface area (Å²) in [6, 6.07) is -0.356. The fourth-order valence-corrected chi connectivity index (χ4v) is 0.916. The lowest BCUT2D eigenvalue weighted by molar-refractivity contribution is -0.141. The molecule has 1 N–H and O–H groups in total. The monoisotopic (exact) mass is 187 g/mol. The smallest absolute Gasteiger partial charge is 0.326 e. The summed E-state index contributed by atoms with van der Waals surface area (Å²) in [4.78, 5) is 10.9. The van der Waals surface area contributed by atoms with Crippen LogP contribution in [0.15, 0.2) is 11.6 Å². The Bertz CT molecular complexity index is 242. The average Bonchev–Trinajstić information content (AvgIpc) is 2.50. The molecule has 0 spiro atoms. The molecule has 0 aromatic carbocycles. The van der Waals surface area contributed by atoms with Gasteiger partial charge in [-0.2, -0.15) is 0 Å². The van der Waals surface area contributed by atoms with E-state index in [-0.39, 0.29) is 24.4 Å². The number of ether oxygens (including phenoxy) is 1. The van der Waals surface area contributed by atoms with Crippen LogP contribution in [-0.4, -0.2) is 25.7 Å². The normalized spacial score (nSPS) is 20.3. The average molecular weight is 188 g/mol. The molecule has 4 heteroatoms. The number of rotatable bonds is 1. The van der Waals surface area contributed by atoms with E-state index in [9.17, 15) is 4.79 Å². The molecular weight excluding hydrogens is 178 g/mol.